The van der Waals surface area contributed by atoms with Crippen LogP contribution in [0.25, 0.3) is 0 Å². The van der Waals surface area contributed by atoms with Crippen molar-refractivity contribution < 1.29 is 14.3 Å². The van der Waals surface area contributed by atoms with E-state index in [1.807, 2.05) is 43.3 Å². The summed E-state index contributed by atoms with van der Waals surface area (Å²) in [5.74, 6) is 1.30. The fourth-order valence-corrected chi connectivity index (χ4v) is 2.91. The number of aryl methyl sites for hydroxylation is 1. The first-order chi connectivity index (χ1) is 13.5. The Labute approximate surface area is 170 Å². The molecule has 0 aliphatic rings. The second-order valence-electron chi connectivity index (χ2n) is 6.44. The molecular weight excluding hydrogens is 374 g/mol. The molecule has 0 saturated heterocycles. The van der Waals surface area contributed by atoms with Gasteiger partial charge in [-0.1, -0.05) is 35.9 Å². The maximum absolute atomic E-state index is 12.5. The molecule has 3 rings (SSSR count). The van der Waals surface area contributed by atoms with Gasteiger partial charge in [0.25, 0.3) is 5.91 Å². The van der Waals surface area contributed by atoms with Crippen molar-refractivity contribution in [1.29, 1.82) is 0 Å². The molecule has 1 N–H and O–H groups in total. The minimum Gasteiger partial charge on any atom is -0.496 e. The molecule has 0 aliphatic heterocycles. The monoisotopic (exact) mass is 395 g/mol. The molecule has 0 spiro atoms. The van der Waals surface area contributed by atoms with Crippen LogP contribution in [0.4, 0.5) is 0 Å². The third-order valence-corrected chi connectivity index (χ3v) is 4.54. The lowest BCUT2D eigenvalue weighted by Gasteiger charge is -2.13. The average Bonchev–Trinajstić information content (AvgIpc) is 2.71. The third kappa shape index (κ3) is 5.27. The van der Waals surface area contributed by atoms with Crippen LogP contribution in [0.3, 0.4) is 0 Å². The van der Waals surface area contributed by atoms with E-state index in [0.29, 0.717) is 29.5 Å². The van der Waals surface area contributed by atoms with E-state index in [0.717, 1.165) is 22.4 Å². The first kappa shape index (κ1) is 19.8. The molecule has 0 fully saturated rings. The summed E-state index contributed by atoms with van der Waals surface area (Å²) in [5.41, 5.74) is 3.47. The van der Waals surface area contributed by atoms with Gasteiger partial charge in [-0.2, -0.15) is 0 Å². The van der Waals surface area contributed by atoms with Crippen LogP contribution in [0.15, 0.2) is 66.7 Å². The zero-order chi connectivity index (χ0) is 19.9. The summed E-state index contributed by atoms with van der Waals surface area (Å²) >= 11 is 5.89. The van der Waals surface area contributed by atoms with Gasteiger partial charge in [-0.15, -0.1) is 0 Å². The zero-order valence-electron chi connectivity index (χ0n) is 15.9. The molecule has 0 saturated carbocycles. The van der Waals surface area contributed by atoms with E-state index in [2.05, 4.69) is 5.32 Å². The first-order valence-electron chi connectivity index (χ1n) is 8.94. The molecule has 0 radical (unpaired) electrons. The second kappa shape index (κ2) is 9.29. The number of hydrogen-bond acceptors (Lipinski definition) is 3. The number of carbonyl (C=O) groups excluding carboxylic acids is 1. The molecule has 1 amide bonds. The van der Waals surface area contributed by atoms with Crippen LogP contribution in [0.2, 0.25) is 5.02 Å². The van der Waals surface area contributed by atoms with E-state index in [1.165, 1.54) is 0 Å². The second-order valence-corrected chi connectivity index (χ2v) is 6.88. The predicted octanol–water partition coefficient (Wildman–Crippen LogP) is 5.17. The fourth-order valence-electron chi connectivity index (χ4n) is 2.79. The van der Waals surface area contributed by atoms with E-state index in [4.69, 9.17) is 21.1 Å². The SMILES string of the molecule is COc1ccc(C(=O)NCc2ccc(Cl)cc2)cc1COc1cccc(C)c1. The number of amides is 1. The molecule has 0 atom stereocenters. The highest BCUT2D eigenvalue weighted by Crippen LogP contribution is 2.23. The Morgan fingerprint density at radius 2 is 1.82 bits per heavy atom. The summed E-state index contributed by atoms with van der Waals surface area (Å²) in [6.07, 6.45) is 0. The Kier molecular flexibility index (Phi) is 6.56. The highest BCUT2D eigenvalue weighted by Gasteiger charge is 2.11. The molecule has 0 bridgehead atoms. The molecule has 144 valence electrons. The first-order valence-corrected chi connectivity index (χ1v) is 9.32. The van der Waals surface area contributed by atoms with Crippen LogP contribution in [-0.4, -0.2) is 13.0 Å². The van der Waals surface area contributed by atoms with E-state index in [-0.39, 0.29) is 5.91 Å². The fraction of sp³-hybridized carbons (Fsp3) is 0.174. The molecule has 3 aromatic rings. The van der Waals surface area contributed by atoms with E-state index >= 15 is 0 Å². The normalized spacial score (nSPS) is 10.4. The maximum atomic E-state index is 12.5. The smallest absolute Gasteiger partial charge is 0.251 e. The minimum absolute atomic E-state index is 0.158. The van der Waals surface area contributed by atoms with Crippen molar-refractivity contribution in [2.45, 2.75) is 20.1 Å². The number of halogens is 1. The molecule has 0 heterocycles. The minimum atomic E-state index is -0.158. The molecule has 0 unspecified atom stereocenters. The Morgan fingerprint density at radius 1 is 1.04 bits per heavy atom. The van der Waals surface area contributed by atoms with Crippen molar-refractivity contribution in [1.82, 2.24) is 5.32 Å². The molecule has 4 nitrogen and oxygen atoms in total. The van der Waals surface area contributed by atoms with E-state index < -0.39 is 0 Å². The van der Waals surface area contributed by atoms with E-state index in [9.17, 15) is 4.79 Å². The van der Waals surface area contributed by atoms with Crippen molar-refractivity contribution in [2.24, 2.45) is 0 Å². The van der Waals surface area contributed by atoms with Gasteiger partial charge in [0.2, 0.25) is 0 Å². The number of hydrogen-bond donors (Lipinski definition) is 1. The van der Waals surface area contributed by atoms with Gasteiger partial charge in [0.05, 0.1) is 7.11 Å². The van der Waals surface area contributed by atoms with Gasteiger partial charge < -0.3 is 14.8 Å². The van der Waals surface area contributed by atoms with Crippen molar-refractivity contribution in [3.05, 3.63) is 94.0 Å². The quantitative estimate of drug-likeness (QED) is 0.600. The number of ether oxygens (including phenoxy) is 2. The standard InChI is InChI=1S/C23H22ClNO3/c1-16-4-3-5-21(12-16)28-15-19-13-18(8-11-22(19)27-2)23(26)25-14-17-6-9-20(24)10-7-17/h3-13H,14-15H2,1-2H3,(H,25,26). The number of carbonyl (C=O) groups is 1. The van der Waals surface area contributed by atoms with Gasteiger partial charge >= 0.3 is 0 Å². The lowest BCUT2D eigenvalue weighted by molar-refractivity contribution is 0.0950. The van der Waals surface area contributed by atoms with Gasteiger partial charge in [-0.3, -0.25) is 4.79 Å². The topological polar surface area (TPSA) is 47.6 Å². The summed E-state index contributed by atoms with van der Waals surface area (Å²) < 4.78 is 11.3. The van der Waals surface area contributed by atoms with Crippen molar-refractivity contribution in [2.75, 3.05) is 7.11 Å². The van der Waals surface area contributed by atoms with Crippen LogP contribution in [0.1, 0.15) is 27.0 Å². The van der Waals surface area contributed by atoms with Crippen molar-refractivity contribution in [3.63, 3.8) is 0 Å². The Balaban J connectivity index is 1.68. The van der Waals surface area contributed by atoms with Gasteiger partial charge in [-0.25, -0.2) is 0 Å². The van der Waals surface area contributed by atoms with Gasteiger partial charge in [0.1, 0.15) is 18.1 Å². The maximum Gasteiger partial charge on any atom is 0.251 e. The Morgan fingerprint density at radius 3 is 2.54 bits per heavy atom. The molecule has 0 aliphatic carbocycles. The molecule has 28 heavy (non-hydrogen) atoms. The highest BCUT2D eigenvalue weighted by atomic mass is 35.5. The number of benzene rings is 3. The largest absolute Gasteiger partial charge is 0.496 e. The van der Waals surface area contributed by atoms with Crippen LogP contribution in [0, 0.1) is 6.92 Å². The summed E-state index contributed by atoms with van der Waals surface area (Å²) in [6, 6.07) is 20.5. The molecule has 0 aromatic heterocycles. The summed E-state index contributed by atoms with van der Waals surface area (Å²) in [4.78, 5) is 12.5. The summed E-state index contributed by atoms with van der Waals surface area (Å²) in [6.45, 7) is 2.75. The van der Waals surface area contributed by atoms with Crippen molar-refractivity contribution >= 4 is 17.5 Å². The average molecular weight is 396 g/mol. The van der Waals surface area contributed by atoms with Gasteiger partial charge in [0, 0.05) is 22.7 Å². The summed E-state index contributed by atoms with van der Waals surface area (Å²) in [7, 11) is 1.60. The molecule has 3 aromatic carbocycles. The molecule has 5 heteroatoms. The third-order valence-electron chi connectivity index (χ3n) is 4.29. The lowest BCUT2D eigenvalue weighted by Crippen LogP contribution is -2.23. The van der Waals surface area contributed by atoms with Gasteiger partial charge in [-0.05, 0) is 60.5 Å². The number of nitrogens with one attached hydrogen (secondary N) is 1. The Bertz CT molecular complexity index is 954. The number of methoxy groups -OCH3 is 1. The van der Waals surface area contributed by atoms with Crippen molar-refractivity contribution in [3.8, 4) is 11.5 Å². The summed E-state index contributed by atoms with van der Waals surface area (Å²) in [5, 5.41) is 3.59. The van der Waals surface area contributed by atoms with Crippen LogP contribution in [-0.2, 0) is 13.2 Å². The number of rotatable bonds is 7. The van der Waals surface area contributed by atoms with Crippen LogP contribution in [0.5, 0.6) is 11.5 Å². The highest BCUT2D eigenvalue weighted by molar-refractivity contribution is 6.30. The lowest BCUT2D eigenvalue weighted by atomic mass is 10.1. The van der Waals surface area contributed by atoms with Gasteiger partial charge in [0.15, 0.2) is 0 Å². The molecular formula is C23H22ClNO3. The Hall–Kier alpha value is -2.98. The van der Waals surface area contributed by atoms with Crippen LogP contribution >= 0.6 is 11.6 Å². The predicted molar refractivity (Wildman–Crippen MR) is 111 cm³/mol. The van der Waals surface area contributed by atoms with E-state index in [1.54, 1.807) is 37.4 Å². The zero-order valence-corrected chi connectivity index (χ0v) is 16.6. The van der Waals surface area contributed by atoms with Crippen LogP contribution < -0.4 is 14.8 Å².